The van der Waals surface area contributed by atoms with Crippen molar-refractivity contribution in [2.75, 3.05) is 26.2 Å². The number of aromatic nitrogens is 1. The minimum absolute atomic E-state index is 0.0593. The number of thiazole rings is 1. The predicted octanol–water partition coefficient (Wildman–Crippen LogP) is 4.95. The Morgan fingerprint density at radius 1 is 1.12 bits per heavy atom. The lowest BCUT2D eigenvalue weighted by Crippen LogP contribution is -2.57. The van der Waals surface area contributed by atoms with Gasteiger partial charge in [-0.3, -0.25) is 4.79 Å². The lowest BCUT2D eigenvalue weighted by atomic mass is 9.85. The highest BCUT2D eigenvalue weighted by Crippen LogP contribution is 2.30. The number of carbonyl (C=O) groups is 2. The van der Waals surface area contributed by atoms with E-state index in [4.69, 9.17) is 0 Å². The van der Waals surface area contributed by atoms with Crippen molar-refractivity contribution in [1.82, 2.24) is 24.4 Å². The van der Waals surface area contributed by atoms with Gasteiger partial charge in [0.2, 0.25) is 15.9 Å². The van der Waals surface area contributed by atoms with Gasteiger partial charge in [0.1, 0.15) is 12.6 Å². The molecule has 2 aromatic carbocycles. The Morgan fingerprint density at radius 3 is 2.44 bits per heavy atom. The smallest absolute Gasteiger partial charge is 0.321 e. The molecule has 3 amide bonds. The molecule has 2 heterocycles. The van der Waals surface area contributed by atoms with E-state index in [1.165, 1.54) is 27.8 Å². The van der Waals surface area contributed by atoms with Crippen molar-refractivity contribution in [2.45, 2.75) is 89.0 Å². The van der Waals surface area contributed by atoms with Crippen LogP contribution >= 0.6 is 11.3 Å². The first-order valence-corrected chi connectivity index (χ1v) is 19.7. The lowest BCUT2D eigenvalue weighted by Gasteiger charge is -2.36. The molecule has 2 fully saturated rings. The van der Waals surface area contributed by atoms with Gasteiger partial charge in [-0.15, -0.1) is 11.3 Å². The quantitative estimate of drug-likeness (QED) is 0.176. The summed E-state index contributed by atoms with van der Waals surface area (Å²) in [5, 5.41) is 20.7. The van der Waals surface area contributed by atoms with Gasteiger partial charge in [0, 0.05) is 31.6 Å². The number of aliphatic hydroxyl groups is 1. The maximum absolute atomic E-state index is 14.3. The van der Waals surface area contributed by atoms with E-state index < -0.39 is 28.2 Å². The second-order valence-corrected chi connectivity index (χ2v) is 16.5. The number of nitrogens with zero attached hydrogens (tertiary/aromatic N) is 5. The molecule has 1 aromatic heterocycles. The van der Waals surface area contributed by atoms with Crippen LogP contribution in [0.2, 0.25) is 0 Å². The molecule has 1 saturated heterocycles. The summed E-state index contributed by atoms with van der Waals surface area (Å²) < 4.78 is 29.4. The number of nitrogens with one attached hydrogen (secondary N) is 1. The molecule has 4 atom stereocenters. The molecule has 1 saturated carbocycles. The molecule has 0 radical (unpaired) electrons. The number of hydrogen-bond acceptors (Lipinski definition) is 9. The average molecular weight is 725 g/mol. The summed E-state index contributed by atoms with van der Waals surface area (Å²) in [4.78, 5) is 46.6. The number of rotatable bonds is 18. The van der Waals surface area contributed by atoms with Gasteiger partial charge in [-0.1, -0.05) is 74.3 Å². The van der Waals surface area contributed by atoms with Gasteiger partial charge in [0.15, 0.2) is 0 Å². The number of aliphatic hydroxyl groups excluding tert-OH is 1. The number of nitroso groups, excluding NO2 is 1. The Bertz CT molecular complexity index is 1700. The maximum Gasteiger partial charge on any atom is 0.321 e. The summed E-state index contributed by atoms with van der Waals surface area (Å²) in [5.74, 6) is -0.389. The van der Waals surface area contributed by atoms with E-state index in [1.807, 2.05) is 56.5 Å². The molecular formula is C36H48N6O6S2. The van der Waals surface area contributed by atoms with Crippen LogP contribution in [0.3, 0.4) is 0 Å². The van der Waals surface area contributed by atoms with Crippen molar-refractivity contribution >= 4 is 33.3 Å². The molecule has 2 aliphatic rings. The number of benzene rings is 2. The van der Waals surface area contributed by atoms with Gasteiger partial charge < -0.3 is 20.2 Å². The topological polar surface area (TPSA) is 153 Å². The minimum Gasteiger partial charge on any atom is -0.390 e. The SMILES string of the molecule is CC[C@H](C)[C@@H](C(=O)N[C@@H](Cc1ccccc1)[C@H](O)CN(CC1CCC1)S(=O)(=O)c1ccc(CN=O)cc1)N1CCN(Cc2csc(C)n2)C1=O. The third-order valence-corrected chi connectivity index (χ3v) is 12.6. The largest absolute Gasteiger partial charge is 0.390 e. The number of sulfonamides is 1. The van der Waals surface area contributed by atoms with Crippen LogP contribution < -0.4 is 5.32 Å². The Morgan fingerprint density at radius 2 is 1.84 bits per heavy atom. The van der Waals surface area contributed by atoms with Crippen LogP contribution in [-0.4, -0.2) is 88.9 Å². The van der Waals surface area contributed by atoms with Crippen LogP contribution in [0.4, 0.5) is 4.79 Å². The summed E-state index contributed by atoms with van der Waals surface area (Å²) in [7, 11) is -4.03. The highest BCUT2D eigenvalue weighted by molar-refractivity contribution is 7.89. The van der Waals surface area contributed by atoms with Crippen LogP contribution in [-0.2, 0) is 34.3 Å². The molecule has 50 heavy (non-hydrogen) atoms. The fraction of sp³-hybridized carbons (Fsp3) is 0.528. The van der Waals surface area contributed by atoms with E-state index in [2.05, 4.69) is 15.5 Å². The van der Waals surface area contributed by atoms with Gasteiger partial charge >= 0.3 is 6.03 Å². The molecule has 2 N–H and O–H groups in total. The fourth-order valence-electron chi connectivity index (χ4n) is 6.59. The molecule has 5 rings (SSSR count). The summed E-state index contributed by atoms with van der Waals surface area (Å²) in [6.45, 7) is 7.00. The van der Waals surface area contributed by atoms with Crippen LogP contribution in [0, 0.1) is 23.7 Å². The highest BCUT2D eigenvalue weighted by Gasteiger charge is 2.41. The molecule has 1 aliphatic heterocycles. The molecule has 12 nitrogen and oxygen atoms in total. The number of amides is 3. The first-order valence-electron chi connectivity index (χ1n) is 17.4. The zero-order valence-corrected chi connectivity index (χ0v) is 30.6. The highest BCUT2D eigenvalue weighted by atomic mass is 32.2. The van der Waals surface area contributed by atoms with Crippen molar-refractivity contribution in [2.24, 2.45) is 17.0 Å². The molecular weight excluding hydrogens is 677 g/mol. The first-order chi connectivity index (χ1) is 24.0. The third kappa shape index (κ3) is 9.14. The second kappa shape index (κ2) is 17.0. The number of urea groups is 1. The summed E-state index contributed by atoms with van der Waals surface area (Å²) in [6, 6.07) is 13.6. The maximum atomic E-state index is 14.3. The van der Waals surface area contributed by atoms with Gasteiger partial charge in [-0.05, 0) is 61.3 Å². The Hall–Kier alpha value is -3.72. The standard InChI is InChI=1S/C36H48N6O6S2/c1-4-25(2)34(42-18-17-40(36(42)45)22-30-24-49-26(3)38-30)35(44)39-32(19-27-9-6-5-7-10-27)33(43)23-41(21-29-11-8-12-29)50(47,48)31-15-13-28(14-16-31)20-37-46/h5-7,9-10,13-16,24-25,29,32-34,43H,4,8,11-12,17-23H2,1-3H3,(H,39,44)/t25-,32-,33+,34-/m0/s1. The van der Waals surface area contributed by atoms with Gasteiger partial charge in [0.25, 0.3) is 0 Å². The molecule has 270 valence electrons. The van der Waals surface area contributed by atoms with Crippen molar-refractivity contribution in [1.29, 1.82) is 0 Å². The van der Waals surface area contributed by atoms with Gasteiger partial charge in [-0.2, -0.15) is 9.21 Å². The van der Waals surface area contributed by atoms with Crippen molar-refractivity contribution in [3.8, 4) is 0 Å². The third-order valence-electron chi connectivity index (χ3n) is 9.91. The predicted molar refractivity (Wildman–Crippen MR) is 193 cm³/mol. The average Bonchev–Trinajstić information content (AvgIpc) is 3.66. The minimum atomic E-state index is -4.03. The van der Waals surface area contributed by atoms with Crippen LogP contribution in [0.25, 0.3) is 0 Å². The molecule has 0 spiro atoms. The van der Waals surface area contributed by atoms with E-state index in [-0.39, 0.29) is 54.7 Å². The molecule has 0 bridgehead atoms. The summed E-state index contributed by atoms with van der Waals surface area (Å²) in [6.07, 6.45) is 2.46. The zero-order chi connectivity index (χ0) is 35.8. The van der Waals surface area contributed by atoms with Crippen LogP contribution in [0.1, 0.15) is 61.4 Å². The van der Waals surface area contributed by atoms with E-state index >= 15 is 0 Å². The number of hydrogen-bond donors (Lipinski definition) is 2. The van der Waals surface area contributed by atoms with E-state index in [0.717, 1.165) is 35.5 Å². The number of aryl methyl sites for hydroxylation is 1. The normalized spacial score (nSPS) is 17.7. The second-order valence-electron chi connectivity index (χ2n) is 13.5. The van der Waals surface area contributed by atoms with Crippen molar-refractivity contribution in [3.63, 3.8) is 0 Å². The summed E-state index contributed by atoms with van der Waals surface area (Å²) >= 11 is 1.53. The monoisotopic (exact) mass is 724 g/mol. The number of carbonyl (C=O) groups excluding carboxylic acids is 2. The molecule has 0 unspecified atom stereocenters. The molecule has 14 heteroatoms. The zero-order valence-electron chi connectivity index (χ0n) is 29.0. The Labute approximate surface area is 298 Å². The molecule has 1 aliphatic carbocycles. The fourth-order valence-corrected chi connectivity index (χ4v) is 8.73. The van der Waals surface area contributed by atoms with Crippen molar-refractivity contribution in [3.05, 3.63) is 86.7 Å². The Balaban J connectivity index is 1.38. The lowest BCUT2D eigenvalue weighted by molar-refractivity contribution is -0.128. The Kier molecular flexibility index (Phi) is 12.8. The van der Waals surface area contributed by atoms with E-state index in [0.29, 0.717) is 31.6 Å². The van der Waals surface area contributed by atoms with Crippen LogP contribution in [0.15, 0.2) is 70.0 Å². The van der Waals surface area contributed by atoms with Crippen molar-refractivity contribution < 1.29 is 23.1 Å². The van der Waals surface area contributed by atoms with Gasteiger partial charge in [-0.25, -0.2) is 18.2 Å². The first kappa shape index (κ1) is 37.5. The van der Waals surface area contributed by atoms with Gasteiger partial charge in [0.05, 0.1) is 34.3 Å². The van der Waals surface area contributed by atoms with Crippen LogP contribution in [0.5, 0.6) is 0 Å². The molecule has 3 aromatic rings. The van der Waals surface area contributed by atoms with E-state index in [9.17, 15) is 28.0 Å². The summed E-state index contributed by atoms with van der Waals surface area (Å²) in [5.41, 5.74) is 2.28. The van der Waals surface area contributed by atoms with E-state index in [1.54, 1.807) is 21.9 Å².